The second kappa shape index (κ2) is 10.1. The Hall–Kier alpha value is -2.00. The highest BCUT2D eigenvalue weighted by Gasteiger charge is 2.14. The van der Waals surface area contributed by atoms with Crippen molar-refractivity contribution < 1.29 is 27.1 Å². The van der Waals surface area contributed by atoms with Crippen LogP contribution < -0.4 is 10.0 Å². The summed E-state index contributed by atoms with van der Waals surface area (Å²) in [7, 11) is -3.75. The maximum Gasteiger partial charge on any atom is 0.306 e. The van der Waals surface area contributed by atoms with Crippen molar-refractivity contribution in [2.45, 2.75) is 31.6 Å². The molecule has 0 saturated heterocycles. The van der Waals surface area contributed by atoms with Gasteiger partial charge in [-0.15, -0.1) is 0 Å². The van der Waals surface area contributed by atoms with Crippen LogP contribution in [0, 0.1) is 11.7 Å². The van der Waals surface area contributed by atoms with E-state index in [9.17, 15) is 22.4 Å². The summed E-state index contributed by atoms with van der Waals surface area (Å²) in [6.07, 6.45) is 0.191. The van der Waals surface area contributed by atoms with Crippen LogP contribution in [0.15, 0.2) is 29.2 Å². The van der Waals surface area contributed by atoms with E-state index in [1.165, 1.54) is 0 Å². The largest absolute Gasteiger partial charge is 0.456 e. The summed E-state index contributed by atoms with van der Waals surface area (Å²) >= 11 is 0. The van der Waals surface area contributed by atoms with E-state index in [1.54, 1.807) is 0 Å². The maximum atomic E-state index is 12.8. The molecule has 1 amide bonds. The van der Waals surface area contributed by atoms with Crippen LogP contribution in [0.25, 0.3) is 0 Å². The molecule has 0 aliphatic heterocycles. The van der Waals surface area contributed by atoms with Gasteiger partial charge in [0.2, 0.25) is 10.0 Å². The van der Waals surface area contributed by atoms with Crippen LogP contribution >= 0.6 is 0 Å². The van der Waals surface area contributed by atoms with Gasteiger partial charge in [0.25, 0.3) is 5.91 Å². The third kappa shape index (κ3) is 8.59. The summed E-state index contributed by atoms with van der Waals surface area (Å²) in [5.74, 6) is -1.19. The highest BCUT2D eigenvalue weighted by atomic mass is 32.2. The molecule has 9 heteroatoms. The van der Waals surface area contributed by atoms with E-state index < -0.39 is 21.8 Å². The van der Waals surface area contributed by atoms with E-state index in [0.29, 0.717) is 12.5 Å². The molecule has 0 bridgehead atoms. The lowest BCUT2D eigenvalue weighted by Gasteiger charge is -2.09. The molecule has 0 aliphatic rings. The first-order chi connectivity index (χ1) is 11.7. The van der Waals surface area contributed by atoms with E-state index >= 15 is 0 Å². The number of hydrogen-bond donors (Lipinski definition) is 2. The Labute approximate surface area is 147 Å². The maximum absolute atomic E-state index is 12.8. The molecule has 0 aromatic heterocycles. The number of halogens is 1. The minimum absolute atomic E-state index is 0.0222. The third-order valence-electron chi connectivity index (χ3n) is 3.05. The number of carbonyl (C=O) groups excluding carboxylic acids is 2. The van der Waals surface area contributed by atoms with Crippen molar-refractivity contribution in [3.8, 4) is 0 Å². The summed E-state index contributed by atoms with van der Waals surface area (Å²) in [6, 6.07) is 4.41. The molecule has 0 radical (unpaired) electrons. The van der Waals surface area contributed by atoms with Gasteiger partial charge in [0, 0.05) is 19.5 Å². The third-order valence-corrected chi connectivity index (χ3v) is 4.52. The van der Waals surface area contributed by atoms with Gasteiger partial charge in [-0.25, -0.2) is 17.5 Å². The second-order valence-electron chi connectivity index (χ2n) is 5.81. The number of benzene rings is 1. The summed E-state index contributed by atoms with van der Waals surface area (Å²) in [5, 5.41) is 2.61. The fourth-order valence-corrected chi connectivity index (χ4v) is 2.80. The van der Waals surface area contributed by atoms with E-state index in [4.69, 9.17) is 4.74 Å². The minimum atomic E-state index is -3.75. The second-order valence-corrected chi connectivity index (χ2v) is 7.58. The topological polar surface area (TPSA) is 102 Å². The quantitative estimate of drug-likeness (QED) is 0.473. The molecule has 0 spiro atoms. The Morgan fingerprint density at radius 3 is 2.44 bits per heavy atom. The van der Waals surface area contributed by atoms with E-state index in [-0.39, 0.29) is 36.8 Å². The lowest BCUT2D eigenvalue weighted by Crippen LogP contribution is -2.31. The summed E-state index contributed by atoms with van der Waals surface area (Å²) in [5.41, 5.74) is 0. The van der Waals surface area contributed by atoms with Crippen molar-refractivity contribution in [1.82, 2.24) is 10.0 Å². The fourth-order valence-electron chi connectivity index (χ4n) is 1.72. The van der Waals surface area contributed by atoms with Gasteiger partial charge in [-0.05, 0) is 36.6 Å². The Bertz CT molecular complexity index is 674. The van der Waals surface area contributed by atoms with E-state index in [1.807, 2.05) is 13.8 Å². The van der Waals surface area contributed by atoms with Crippen LogP contribution in [-0.4, -0.2) is 40.0 Å². The number of esters is 1. The number of nitrogens with one attached hydrogen (secondary N) is 2. The van der Waals surface area contributed by atoms with Crippen molar-refractivity contribution in [3.63, 3.8) is 0 Å². The van der Waals surface area contributed by atoms with Crippen LogP contribution in [0.1, 0.15) is 26.7 Å². The van der Waals surface area contributed by atoms with Crippen molar-refractivity contribution in [3.05, 3.63) is 30.1 Å². The van der Waals surface area contributed by atoms with Gasteiger partial charge >= 0.3 is 5.97 Å². The van der Waals surface area contributed by atoms with Gasteiger partial charge in [0.15, 0.2) is 6.61 Å². The normalized spacial score (nSPS) is 11.4. The first kappa shape index (κ1) is 21.0. The number of ether oxygens (including phenoxy) is 1. The average molecular weight is 374 g/mol. The molecule has 1 aromatic carbocycles. The molecule has 0 saturated carbocycles. The van der Waals surface area contributed by atoms with Crippen molar-refractivity contribution in [1.29, 1.82) is 0 Å². The molecule has 140 valence electrons. The molecule has 1 rings (SSSR count). The zero-order chi connectivity index (χ0) is 18.9. The van der Waals surface area contributed by atoms with Gasteiger partial charge in [0.1, 0.15) is 5.82 Å². The van der Waals surface area contributed by atoms with Crippen LogP contribution in [-0.2, 0) is 24.3 Å². The number of carbonyl (C=O) groups is 2. The SMILES string of the molecule is CC(C)CNC(=O)COC(=O)CCCNS(=O)(=O)c1ccc(F)cc1. The van der Waals surface area contributed by atoms with Crippen LogP contribution in [0.4, 0.5) is 4.39 Å². The average Bonchev–Trinajstić information content (AvgIpc) is 2.55. The molecule has 25 heavy (non-hydrogen) atoms. The number of hydrogen-bond acceptors (Lipinski definition) is 5. The van der Waals surface area contributed by atoms with Gasteiger partial charge in [-0.3, -0.25) is 9.59 Å². The number of sulfonamides is 1. The molecule has 1 aromatic rings. The molecule has 0 atom stereocenters. The molecular weight excluding hydrogens is 351 g/mol. The lowest BCUT2D eigenvalue weighted by atomic mass is 10.2. The summed E-state index contributed by atoms with van der Waals surface area (Å²) < 4.78 is 43.8. The zero-order valence-corrected chi connectivity index (χ0v) is 15.1. The predicted octanol–water partition coefficient (Wildman–Crippen LogP) is 1.20. The van der Waals surface area contributed by atoms with E-state index in [0.717, 1.165) is 24.3 Å². The Kier molecular flexibility index (Phi) is 8.50. The Morgan fingerprint density at radius 2 is 1.84 bits per heavy atom. The van der Waals surface area contributed by atoms with Crippen molar-refractivity contribution >= 4 is 21.9 Å². The van der Waals surface area contributed by atoms with Crippen LogP contribution in [0.5, 0.6) is 0 Å². The number of amides is 1. The first-order valence-electron chi connectivity index (χ1n) is 7.88. The van der Waals surface area contributed by atoms with Gasteiger partial charge < -0.3 is 10.1 Å². The molecule has 0 unspecified atom stereocenters. The smallest absolute Gasteiger partial charge is 0.306 e. The molecule has 0 fully saturated rings. The van der Waals surface area contributed by atoms with Crippen LogP contribution in [0.2, 0.25) is 0 Å². The van der Waals surface area contributed by atoms with Gasteiger partial charge in [-0.2, -0.15) is 0 Å². The van der Waals surface area contributed by atoms with Crippen molar-refractivity contribution in [2.75, 3.05) is 19.7 Å². The molecule has 2 N–H and O–H groups in total. The lowest BCUT2D eigenvalue weighted by molar-refractivity contribution is -0.148. The highest BCUT2D eigenvalue weighted by molar-refractivity contribution is 7.89. The Balaban J connectivity index is 2.25. The predicted molar refractivity (Wildman–Crippen MR) is 89.6 cm³/mol. The fraction of sp³-hybridized carbons (Fsp3) is 0.500. The van der Waals surface area contributed by atoms with Crippen LogP contribution in [0.3, 0.4) is 0 Å². The van der Waals surface area contributed by atoms with Gasteiger partial charge in [0.05, 0.1) is 4.90 Å². The molecule has 0 aliphatic carbocycles. The monoisotopic (exact) mass is 374 g/mol. The zero-order valence-electron chi connectivity index (χ0n) is 14.2. The minimum Gasteiger partial charge on any atom is -0.456 e. The first-order valence-corrected chi connectivity index (χ1v) is 9.36. The van der Waals surface area contributed by atoms with E-state index in [2.05, 4.69) is 10.0 Å². The number of rotatable bonds is 10. The molecule has 0 heterocycles. The summed E-state index contributed by atoms with van der Waals surface area (Å²) in [4.78, 5) is 22.8. The highest BCUT2D eigenvalue weighted by Crippen LogP contribution is 2.09. The van der Waals surface area contributed by atoms with Crippen molar-refractivity contribution in [2.24, 2.45) is 5.92 Å². The standard InChI is InChI=1S/C16H23FN2O5S/c1-12(2)10-18-15(20)11-24-16(21)4-3-9-19-25(22,23)14-7-5-13(17)6-8-14/h5-8,12,19H,3-4,9-11H2,1-2H3,(H,18,20). The molecular formula is C16H23FN2O5S. The van der Waals surface area contributed by atoms with Gasteiger partial charge in [-0.1, -0.05) is 13.8 Å². The summed E-state index contributed by atoms with van der Waals surface area (Å²) in [6.45, 7) is 4.06. The molecule has 7 nitrogen and oxygen atoms in total. The Morgan fingerprint density at radius 1 is 1.20 bits per heavy atom.